The maximum atomic E-state index is 12.3. The molecule has 5 nitrogen and oxygen atoms in total. The molecule has 3 N–H and O–H groups in total. The molecule has 1 fully saturated rings. The molecule has 136 valence electrons. The second-order valence-electron chi connectivity index (χ2n) is 6.36. The molecule has 0 aliphatic heterocycles. The fourth-order valence-electron chi connectivity index (χ4n) is 2.70. The normalized spacial score (nSPS) is 15.8. The molecule has 1 atom stereocenters. The molecule has 0 heterocycles. The summed E-state index contributed by atoms with van der Waals surface area (Å²) >= 11 is 12.4. The van der Waals surface area contributed by atoms with E-state index in [1.165, 1.54) is 0 Å². The van der Waals surface area contributed by atoms with Crippen LogP contribution in [0, 0.1) is 5.41 Å². The molecule has 0 radical (unpaired) electrons. The lowest BCUT2D eigenvalue weighted by atomic mass is 10.0. The zero-order valence-corrected chi connectivity index (χ0v) is 15.6. The Morgan fingerprint density at radius 2 is 1.85 bits per heavy atom. The first-order chi connectivity index (χ1) is 12.3. The molecule has 7 heteroatoms. The molecule has 2 aromatic rings. The van der Waals surface area contributed by atoms with E-state index in [0.29, 0.717) is 39.9 Å². The summed E-state index contributed by atoms with van der Waals surface area (Å²) in [4.78, 5) is 23.8. The van der Waals surface area contributed by atoms with Gasteiger partial charge in [-0.2, -0.15) is 0 Å². The van der Waals surface area contributed by atoms with Crippen molar-refractivity contribution >= 4 is 35.0 Å². The number of hydrogen-bond donors (Lipinski definition) is 2. The van der Waals surface area contributed by atoms with Gasteiger partial charge in [-0.1, -0.05) is 41.4 Å². The van der Waals surface area contributed by atoms with Crippen molar-refractivity contribution in [3.05, 3.63) is 58.1 Å². The van der Waals surface area contributed by atoms with Crippen LogP contribution in [0.5, 0.6) is 11.5 Å². The Kier molecular flexibility index (Phi) is 5.12. The first kappa shape index (κ1) is 18.5. The van der Waals surface area contributed by atoms with Crippen LogP contribution >= 0.6 is 23.2 Å². The first-order valence-corrected chi connectivity index (χ1v) is 8.92. The van der Waals surface area contributed by atoms with Gasteiger partial charge in [-0.3, -0.25) is 9.59 Å². The van der Waals surface area contributed by atoms with E-state index in [2.05, 4.69) is 5.32 Å². The molecular weight excluding hydrogens is 375 g/mol. The summed E-state index contributed by atoms with van der Waals surface area (Å²) < 4.78 is 5.74. The Morgan fingerprint density at radius 3 is 2.42 bits per heavy atom. The summed E-state index contributed by atoms with van der Waals surface area (Å²) in [6, 6.07) is 11.9. The van der Waals surface area contributed by atoms with Gasteiger partial charge in [0.15, 0.2) is 0 Å². The molecule has 1 unspecified atom stereocenters. The zero-order chi connectivity index (χ0) is 18.9. The van der Waals surface area contributed by atoms with Crippen LogP contribution in [0.3, 0.4) is 0 Å². The highest BCUT2D eigenvalue weighted by atomic mass is 35.5. The molecular formula is C19H18Cl2N2O3. The van der Waals surface area contributed by atoms with Crippen molar-refractivity contribution in [2.24, 2.45) is 11.1 Å². The predicted molar refractivity (Wildman–Crippen MR) is 100 cm³/mol. The zero-order valence-electron chi connectivity index (χ0n) is 14.1. The SMILES string of the molecule is CC(NC(=O)C1(C(N)=O)CC1)c1ccc(Oc2ccccc2Cl)cc1Cl. The molecule has 2 aromatic carbocycles. The lowest BCUT2D eigenvalue weighted by Crippen LogP contribution is -2.41. The Bertz CT molecular complexity index is 866. The van der Waals surface area contributed by atoms with E-state index in [4.69, 9.17) is 33.7 Å². The van der Waals surface area contributed by atoms with Gasteiger partial charge < -0.3 is 15.8 Å². The van der Waals surface area contributed by atoms with Crippen molar-refractivity contribution < 1.29 is 14.3 Å². The fourth-order valence-corrected chi connectivity index (χ4v) is 3.21. The number of ether oxygens (including phenoxy) is 1. The lowest BCUT2D eigenvalue weighted by molar-refractivity contribution is -0.135. The summed E-state index contributed by atoms with van der Waals surface area (Å²) in [6.07, 6.45) is 0.971. The van der Waals surface area contributed by atoms with E-state index < -0.39 is 11.3 Å². The predicted octanol–water partition coefficient (Wildman–Crippen LogP) is 4.23. The largest absolute Gasteiger partial charge is 0.456 e. The number of nitrogens with one attached hydrogen (secondary N) is 1. The molecule has 1 aliphatic carbocycles. The number of primary amides is 1. The summed E-state index contributed by atoms with van der Waals surface area (Å²) in [6.45, 7) is 1.80. The maximum absolute atomic E-state index is 12.3. The summed E-state index contributed by atoms with van der Waals surface area (Å²) in [5, 5.41) is 3.74. The van der Waals surface area contributed by atoms with Crippen molar-refractivity contribution in [3.63, 3.8) is 0 Å². The average Bonchev–Trinajstić information content (AvgIpc) is 3.39. The second-order valence-corrected chi connectivity index (χ2v) is 7.17. The van der Waals surface area contributed by atoms with Crippen LogP contribution in [-0.2, 0) is 9.59 Å². The van der Waals surface area contributed by atoms with E-state index >= 15 is 0 Å². The number of carbonyl (C=O) groups is 2. The quantitative estimate of drug-likeness (QED) is 0.721. The standard InChI is InChI=1S/C19H18Cl2N2O3/c1-11(23-18(25)19(8-9-19)17(22)24)13-7-6-12(10-15(13)21)26-16-5-3-2-4-14(16)20/h2-7,10-11H,8-9H2,1H3,(H2,22,24)(H,23,25). The van der Waals surface area contributed by atoms with Gasteiger partial charge in [-0.05, 0) is 49.6 Å². The lowest BCUT2D eigenvalue weighted by Gasteiger charge is -2.19. The Hall–Kier alpha value is -2.24. The minimum atomic E-state index is -1.06. The molecule has 26 heavy (non-hydrogen) atoms. The number of amides is 2. The van der Waals surface area contributed by atoms with Gasteiger partial charge in [0.05, 0.1) is 11.1 Å². The number of hydrogen-bond acceptors (Lipinski definition) is 3. The second kappa shape index (κ2) is 7.17. The Labute approximate surface area is 161 Å². The van der Waals surface area contributed by atoms with Crippen LogP contribution in [0.15, 0.2) is 42.5 Å². The van der Waals surface area contributed by atoms with Crippen LogP contribution in [0.1, 0.15) is 31.4 Å². The molecule has 1 saturated carbocycles. The molecule has 1 aliphatic rings. The van der Waals surface area contributed by atoms with Crippen molar-refractivity contribution in [2.75, 3.05) is 0 Å². The van der Waals surface area contributed by atoms with E-state index in [1.807, 2.05) is 12.1 Å². The third-order valence-corrected chi connectivity index (χ3v) is 5.15. The molecule has 2 amide bonds. The minimum absolute atomic E-state index is 0.357. The van der Waals surface area contributed by atoms with Gasteiger partial charge in [0.2, 0.25) is 11.8 Å². The van der Waals surface area contributed by atoms with Crippen LogP contribution < -0.4 is 15.8 Å². The average molecular weight is 393 g/mol. The highest BCUT2D eigenvalue weighted by Gasteiger charge is 2.55. The minimum Gasteiger partial charge on any atom is -0.456 e. The highest BCUT2D eigenvalue weighted by Crippen LogP contribution is 2.46. The summed E-state index contributed by atoms with van der Waals surface area (Å²) in [5.74, 6) is 0.111. The van der Waals surface area contributed by atoms with E-state index in [0.717, 1.165) is 0 Å². The van der Waals surface area contributed by atoms with Crippen molar-refractivity contribution in [3.8, 4) is 11.5 Å². The summed E-state index contributed by atoms with van der Waals surface area (Å²) in [7, 11) is 0. The smallest absolute Gasteiger partial charge is 0.236 e. The van der Waals surface area contributed by atoms with Crippen LogP contribution in [0.4, 0.5) is 0 Å². The van der Waals surface area contributed by atoms with Crippen molar-refractivity contribution in [1.29, 1.82) is 0 Å². The fraction of sp³-hybridized carbons (Fsp3) is 0.263. The van der Waals surface area contributed by atoms with E-state index in [1.54, 1.807) is 37.3 Å². The maximum Gasteiger partial charge on any atom is 0.236 e. The molecule has 3 rings (SSSR count). The molecule has 0 bridgehead atoms. The Balaban J connectivity index is 1.72. The highest BCUT2D eigenvalue weighted by molar-refractivity contribution is 6.32. The number of para-hydroxylation sites is 1. The third-order valence-electron chi connectivity index (χ3n) is 4.51. The topological polar surface area (TPSA) is 81.4 Å². The number of nitrogens with two attached hydrogens (primary N) is 1. The number of carbonyl (C=O) groups excluding carboxylic acids is 2. The monoisotopic (exact) mass is 392 g/mol. The van der Waals surface area contributed by atoms with Crippen molar-refractivity contribution in [2.45, 2.75) is 25.8 Å². The van der Waals surface area contributed by atoms with Gasteiger partial charge in [0.25, 0.3) is 0 Å². The van der Waals surface area contributed by atoms with Crippen LogP contribution in [0.2, 0.25) is 10.0 Å². The first-order valence-electron chi connectivity index (χ1n) is 8.16. The van der Waals surface area contributed by atoms with E-state index in [-0.39, 0.29) is 11.9 Å². The van der Waals surface area contributed by atoms with Gasteiger partial charge in [-0.25, -0.2) is 0 Å². The third kappa shape index (κ3) is 3.64. The van der Waals surface area contributed by atoms with E-state index in [9.17, 15) is 9.59 Å². The number of halogens is 2. The Morgan fingerprint density at radius 1 is 1.15 bits per heavy atom. The van der Waals surface area contributed by atoms with Crippen molar-refractivity contribution in [1.82, 2.24) is 5.32 Å². The number of benzene rings is 2. The molecule has 0 spiro atoms. The molecule has 0 saturated heterocycles. The van der Waals surface area contributed by atoms with Gasteiger partial charge >= 0.3 is 0 Å². The van der Waals surface area contributed by atoms with Gasteiger partial charge in [0.1, 0.15) is 16.9 Å². The van der Waals surface area contributed by atoms with Gasteiger partial charge in [-0.15, -0.1) is 0 Å². The van der Waals surface area contributed by atoms with Crippen LogP contribution in [-0.4, -0.2) is 11.8 Å². The van der Waals surface area contributed by atoms with Crippen LogP contribution in [0.25, 0.3) is 0 Å². The number of rotatable bonds is 6. The van der Waals surface area contributed by atoms with Gasteiger partial charge in [0, 0.05) is 5.02 Å². The molecule has 0 aromatic heterocycles. The summed E-state index contributed by atoms with van der Waals surface area (Å²) in [5.41, 5.74) is 4.98.